The smallest absolute Gasteiger partial charge is 0.428 e. The fourth-order valence-electron chi connectivity index (χ4n) is 3.90. The first-order valence-electron chi connectivity index (χ1n) is 10.1. The van der Waals surface area contributed by atoms with Crippen LogP contribution in [0.4, 0.5) is 32.0 Å². The van der Waals surface area contributed by atoms with Gasteiger partial charge in [-0.3, -0.25) is 9.59 Å². The zero-order chi connectivity index (χ0) is 24.8. The van der Waals surface area contributed by atoms with Gasteiger partial charge in [0.15, 0.2) is 0 Å². The van der Waals surface area contributed by atoms with Crippen molar-refractivity contribution in [1.29, 1.82) is 0 Å². The topological polar surface area (TPSA) is 62.4 Å². The molecule has 0 aromatic heterocycles. The van der Waals surface area contributed by atoms with Crippen LogP contribution in [0.5, 0.6) is 5.75 Å². The van der Waals surface area contributed by atoms with Gasteiger partial charge in [0, 0.05) is 30.4 Å². The Morgan fingerprint density at radius 1 is 1.09 bits per heavy atom. The highest BCUT2D eigenvalue weighted by molar-refractivity contribution is 6.41. The maximum Gasteiger partial charge on any atom is 0.461 e. The number of piperazine rings is 1. The fraction of sp³-hybridized carbons (Fsp3) is 0.364. The summed E-state index contributed by atoms with van der Waals surface area (Å²) in [7, 11) is 0. The molecule has 0 bridgehead atoms. The Kier molecular flexibility index (Phi) is 5.96. The molecule has 34 heavy (non-hydrogen) atoms. The van der Waals surface area contributed by atoms with Crippen LogP contribution in [-0.2, 0) is 19.9 Å². The number of nitrogens with zero attached hydrogens (tertiary/aromatic N) is 2. The summed E-state index contributed by atoms with van der Waals surface area (Å²) in [4.78, 5) is 27.7. The van der Waals surface area contributed by atoms with E-state index in [1.165, 1.54) is 23.1 Å². The van der Waals surface area contributed by atoms with E-state index in [0.29, 0.717) is 6.07 Å². The number of alkyl halides is 4. The normalized spacial score (nSPS) is 23.0. The molecule has 2 atom stereocenters. The highest BCUT2D eigenvalue weighted by Crippen LogP contribution is 2.48. The molecule has 0 N–H and O–H groups in total. The minimum atomic E-state index is -4.68. The quantitative estimate of drug-likeness (QED) is 0.339. The number of anilines is 1. The summed E-state index contributed by atoms with van der Waals surface area (Å²) in [6.45, 7) is 1.60. The van der Waals surface area contributed by atoms with E-state index in [0.717, 1.165) is 23.1 Å². The van der Waals surface area contributed by atoms with Crippen molar-refractivity contribution in [3.63, 3.8) is 0 Å². The molecule has 2 saturated heterocycles. The lowest BCUT2D eigenvalue weighted by Gasteiger charge is -2.35. The van der Waals surface area contributed by atoms with Gasteiger partial charge in [0.05, 0.1) is 12.6 Å². The molecule has 0 saturated carbocycles. The van der Waals surface area contributed by atoms with Gasteiger partial charge in [-0.15, -0.1) is 0 Å². The van der Waals surface area contributed by atoms with Crippen molar-refractivity contribution in [3.8, 4) is 5.75 Å². The SMILES string of the molecule is CC1O[C@@]1(CN1CCN(c2ccc(OC(F)(F)C(F)F)cc2)C(=O)C1=O)c1ccc(F)cc1F. The van der Waals surface area contributed by atoms with E-state index in [1.54, 1.807) is 6.92 Å². The maximum absolute atomic E-state index is 14.4. The van der Waals surface area contributed by atoms with Gasteiger partial charge in [0.2, 0.25) is 0 Å². The summed E-state index contributed by atoms with van der Waals surface area (Å²) in [5.41, 5.74) is -0.980. The van der Waals surface area contributed by atoms with Crippen LogP contribution in [0.1, 0.15) is 12.5 Å². The summed E-state index contributed by atoms with van der Waals surface area (Å²) >= 11 is 0. The summed E-state index contributed by atoms with van der Waals surface area (Å²) in [6, 6.07) is 7.32. The molecule has 2 aliphatic heterocycles. The van der Waals surface area contributed by atoms with Crippen LogP contribution in [0.25, 0.3) is 0 Å². The predicted molar refractivity (Wildman–Crippen MR) is 106 cm³/mol. The van der Waals surface area contributed by atoms with Crippen molar-refractivity contribution < 1.29 is 45.4 Å². The second-order valence-electron chi connectivity index (χ2n) is 7.92. The third kappa shape index (κ3) is 4.29. The van der Waals surface area contributed by atoms with Crippen molar-refractivity contribution in [2.24, 2.45) is 0 Å². The number of benzene rings is 2. The second kappa shape index (κ2) is 8.49. The Bertz CT molecular complexity index is 1110. The molecule has 0 aliphatic carbocycles. The molecular formula is C22H18F6N2O4. The van der Waals surface area contributed by atoms with Gasteiger partial charge in [-0.25, -0.2) is 8.78 Å². The van der Waals surface area contributed by atoms with Crippen molar-refractivity contribution in [3.05, 3.63) is 59.7 Å². The Hall–Kier alpha value is -3.28. The first-order valence-corrected chi connectivity index (χ1v) is 10.1. The average molecular weight is 488 g/mol. The zero-order valence-corrected chi connectivity index (χ0v) is 17.6. The summed E-state index contributed by atoms with van der Waals surface area (Å²) in [5, 5.41) is 0. The van der Waals surface area contributed by atoms with E-state index in [9.17, 15) is 35.9 Å². The number of hydrogen-bond donors (Lipinski definition) is 0. The van der Waals surface area contributed by atoms with Gasteiger partial charge < -0.3 is 19.3 Å². The summed E-state index contributed by atoms with van der Waals surface area (Å²) in [5.74, 6) is -3.98. The lowest BCUT2D eigenvalue weighted by atomic mass is 9.94. The molecule has 1 unspecified atom stereocenters. The number of amides is 2. The molecular weight excluding hydrogens is 470 g/mol. The lowest BCUT2D eigenvalue weighted by molar-refractivity contribution is -0.253. The highest BCUT2D eigenvalue weighted by atomic mass is 19.3. The summed E-state index contributed by atoms with van der Waals surface area (Å²) in [6.07, 6.45) is -9.18. The largest absolute Gasteiger partial charge is 0.461 e. The molecule has 0 spiro atoms. The molecule has 12 heteroatoms. The standard InChI is InChI=1S/C22H18F6N2O4/c1-12-21(33-12,16-7-2-13(23)10-17(16)24)11-29-8-9-30(19(32)18(29)31)14-3-5-15(6-4-14)34-22(27,28)20(25)26/h2-7,10,12,20H,8-9,11H2,1H3/t12?,21-/m1/s1. The Morgan fingerprint density at radius 2 is 1.74 bits per heavy atom. The third-order valence-corrected chi connectivity index (χ3v) is 5.76. The van der Waals surface area contributed by atoms with Crippen molar-refractivity contribution in [1.82, 2.24) is 4.90 Å². The lowest BCUT2D eigenvalue weighted by Crippen LogP contribution is -2.56. The van der Waals surface area contributed by atoms with E-state index in [2.05, 4.69) is 4.74 Å². The van der Waals surface area contributed by atoms with Gasteiger partial charge in [0.25, 0.3) is 0 Å². The van der Waals surface area contributed by atoms with Crippen molar-refractivity contribution in [2.45, 2.75) is 31.2 Å². The average Bonchev–Trinajstić information content (AvgIpc) is 3.41. The molecule has 6 nitrogen and oxygen atoms in total. The van der Waals surface area contributed by atoms with E-state index < -0.39 is 53.4 Å². The zero-order valence-electron chi connectivity index (χ0n) is 17.6. The van der Waals surface area contributed by atoms with Crippen LogP contribution in [0.2, 0.25) is 0 Å². The van der Waals surface area contributed by atoms with E-state index in [-0.39, 0.29) is 30.9 Å². The summed E-state index contributed by atoms with van der Waals surface area (Å²) < 4.78 is 87.8. The molecule has 2 amide bonds. The number of rotatable bonds is 7. The monoisotopic (exact) mass is 488 g/mol. The fourth-order valence-corrected chi connectivity index (χ4v) is 3.90. The van der Waals surface area contributed by atoms with Crippen LogP contribution in [0.15, 0.2) is 42.5 Å². The van der Waals surface area contributed by atoms with E-state index >= 15 is 0 Å². The molecule has 2 aliphatic rings. The van der Waals surface area contributed by atoms with Gasteiger partial charge in [-0.05, 0) is 37.3 Å². The maximum atomic E-state index is 14.4. The van der Waals surface area contributed by atoms with E-state index in [1.807, 2.05) is 0 Å². The minimum absolute atomic E-state index is 0.0222. The van der Waals surface area contributed by atoms with Gasteiger partial charge >= 0.3 is 24.3 Å². The highest BCUT2D eigenvalue weighted by Gasteiger charge is 2.58. The molecule has 2 aromatic carbocycles. The van der Waals surface area contributed by atoms with Crippen LogP contribution in [-0.4, -0.2) is 55.0 Å². The van der Waals surface area contributed by atoms with Crippen LogP contribution in [0, 0.1) is 11.6 Å². The number of ether oxygens (including phenoxy) is 2. The Labute approximate surface area is 189 Å². The van der Waals surface area contributed by atoms with Crippen LogP contribution < -0.4 is 9.64 Å². The first kappa shape index (κ1) is 23.9. The Morgan fingerprint density at radius 3 is 2.29 bits per heavy atom. The second-order valence-corrected chi connectivity index (χ2v) is 7.92. The molecule has 2 heterocycles. The third-order valence-electron chi connectivity index (χ3n) is 5.76. The van der Waals surface area contributed by atoms with Crippen molar-refractivity contribution >= 4 is 17.5 Å². The first-order chi connectivity index (χ1) is 15.9. The molecule has 2 fully saturated rings. The number of carbonyl (C=O) groups excluding carboxylic acids is 2. The van der Waals surface area contributed by atoms with E-state index in [4.69, 9.17) is 4.74 Å². The predicted octanol–water partition coefficient (Wildman–Crippen LogP) is 3.69. The number of hydrogen-bond acceptors (Lipinski definition) is 4. The van der Waals surface area contributed by atoms with Crippen molar-refractivity contribution in [2.75, 3.05) is 24.5 Å². The minimum Gasteiger partial charge on any atom is -0.428 e. The number of halogens is 6. The molecule has 4 rings (SSSR count). The van der Waals surface area contributed by atoms with Crippen LogP contribution >= 0.6 is 0 Å². The molecule has 0 radical (unpaired) electrons. The number of epoxide rings is 1. The number of carbonyl (C=O) groups is 2. The van der Waals surface area contributed by atoms with Crippen LogP contribution in [0.3, 0.4) is 0 Å². The van der Waals surface area contributed by atoms with Gasteiger partial charge in [-0.1, -0.05) is 6.07 Å². The molecule has 2 aromatic rings. The van der Waals surface area contributed by atoms with Gasteiger partial charge in [0.1, 0.15) is 23.0 Å². The molecule has 182 valence electrons. The van der Waals surface area contributed by atoms with Gasteiger partial charge in [-0.2, -0.15) is 17.6 Å². The Balaban J connectivity index is 1.46.